The van der Waals surface area contributed by atoms with E-state index in [0.29, 0.717) is 5.88 Å². The van der Waals surface area contributed by atoms with E-state index in [0.717, 1.165) is 27.9 Å². The molecular weight excluding hydrogens is 252 g/mol. The lowest BCUT2D eigenvalue weighted by atomic mass is 10.1. The molecule has 0 aliphatic rings. The van der Waals surface area contributed by atoms with Gasteiger partial charge in [-0.15, -0.1) is 0 Å². The van der Waals surface area contributed by atoms with Crippen molar-refractivity contribution in [2.75, 3.05) is 14.2 Å². The number of hydrogen-bond acceptors (Lipinski definition) is 4. The van der Waals surface area contributed by atoms with E-state index >= 15 is 0 Å². The fourth-order valence-corrected chi connectivity index (χ4v) is 2.18. The van der Waals surface area contributed by atoms with Crippen LogP contribution in [0.15, 0.2) is 48.7 Å². The van der Waals surface area contributed by atoms with Gasteiger partial charge in [0.2, 0.25) is 5.88 Å². The van der Waals surface area contributed by atoms with Crippen LogP contribution in [-0.4, -0.2) is 24.2 Å². The molecule has 0 N–H and O–H groups in total. The smallest absolute Gasteiger partial charge is 0.222 e. The van der Waals surface area contributed by atoms with Gasteiger partial charge < -0.3 is 9.47 Å². The molecule has 0 bridgehead atoms. The van der Waals surface area contributed by atoms with Crippen LogP contribution in [0.3, 0.4) is 0 Å². The lowest BCUT2D eigenvalue weighted by Crippen LogP contribution is -1.94. The SMILES string of the molecule is COc1ncccc1-c1ccc2cccc(OC)c2n1. The number of fused-ring (bicyclic) bond motifs is 1. The third-order valence-electron chi connectivity index (χ3n) is 3.14. The number of aromatic nitrogens is 2. The second-order valence-electron chi connectivity index (χ2n) is 4.29. The normalized spacial score (nSPS) is 10.5. The Labute approximate surface area is 117 Å². The van der Waals surface area contributed by atoms with Gasteiger partial charge in [-0.05, 0) is 24.3 Å². The topological polar surface area (TPSA) is 44.2 Å². The third-order valence-corrected chi connectivity index (χ3v) is 3.14. The zero-order valence-electron chi connectivity index (χ0n) is 11.3. The van der Waals surface area contributed by atoms with Gasteiger partial charge in [-0.25, -0.2) is 9.97 Å². The van der Waals surface area contributed by atoms with Crippen LogP contribution in [0.4, 0.5) is 0 Å². The minimum absolute atomic E-state index is 0.564. The zero-order chi connectivity index (χ0) is 13.9. The Bertz CT molecular complexity index is 756. The molecule has 3 aromatic rings. The van der Waals surface area contributed by atoms with Crippen LogP contribution < -0.4 is 9.47 Å². The second kappa shape index (κ2) is 5.17. The highest BCUT2D eigenvalue weighted by Crippen LogP contribution is 2.30. The molecule has 0 aliphatic heterocycles. The average Bonchev–Trinajstić information content (AvgIpc) is 2.53. The van der Waals surface area contributed by atoms with Gasteiger partial charge in [0.05, 0.1) is 25.5 Å². The predicted octanol–water partition coefficient (Wildman–Crippen LogP) is 3.31. The molecule has 0 atom stereocenters. The second-order valence-corrected chi connectivity index (χ2v) is 4.29. The quantitative estimate of drug-likeness (QED) is 0.729. The molecule has 2 heterocycles. The van der Waals surface area contributed by atoms with E-state index < -0.39 is 0 Å². The number of para-hydroxylation sites is 1. The van der Waals surface area contributed by atoms with E-state index in [4.69, 9.17) is 9.47 Å². The first-order valence-electron chi connectivity index (χ1n) is 6.26. The van der Waals surface area contributed by atoms with Crippen LogP contribution in [0, 0.1) is 0 Å². The molecule has 0 radical (unpaired) electrons. The van der Waals surface area contributed by atoms with Gasteiger partial charge in [-0.3, -0.25) is 0 Å². The van der Waals surface area contributed by atoms with Crippen LogP contribution >= 0.6 is 0 Å². The minimum atomic E-state index is 0.564. The molecule has 100 valence electrons. The Morgan fingerprint density at radius 2 is 1.80 bits per heavy atom. The highest BCUT2D eigenvalue weighted by molar-refractivity contribution is 5.87. The molecule has 0 fully saturated rings. The Morgan fingerprint density at radius 1 is 0.900 bits per heavy atom. The predicted molar refractivity (Wildman–Crippen MR) is 78.1 cm³/mol. The summed E-state index contributed by atoms with van der Waals surface area (Å²) in [5, 5.41) is 1.04. The van der Waals surface area contributed by atoms with Crippen molar-refractivity contribution in [3.05, 3.63) is 48.7 Å². The summed E-state index contributed by atoms with van der Waals surface area (Å²) in [5.41, 5.74) is 2.51. The monoisotopic (exact) mass is 266 g/mol. The number of benzene rings is 1. The van der Waals surface area contributed by atoms with Gasteiger partial charge in [-0.2, -0.15) is 0 Å². The molecule has 0 saturated carbocycles. The van der Waals surface area contributed by atoms with Crippen molar-refractivity contribution < 1.29 is 9.47 Å². The molecule has 3 rings (SSSR count). The Balaban J connectivity index is 2.22. The highest BCUT2D eigenvalue weighted by atomic mass is 16.5. The molecule has 4 nitrogen and oxygen atoms in total. The van der Waals surface area contributed by atoms with Gasteiger partial charge >= 0.3 is 0 Å². The maximum absolute atomic E-state index is 5.37. The lowest BCUT2D eigenvalue weighted by Gasteiger charge is -2.09. The van der Waals surface area contributed by atoms with E-state index in [1.54, 1.807) is 20.4 Å². The summed E-state index contributed by atoms with van der Waals surface area (Å²) in [6, 6.07) is 13.6. The first-order valence-corrected chi connectivity index (χ1v) is 6.26. The molecule has 0 amide bonds. The fraction of sp³-hybridized carbons (Fsp3) is 0.125. The minimum Gasteiger partial charge on any atom is -0.494 e. The molecule has 0 aliphatic carbocycles. The Morgan fingerprint density at radius 3 is 2.60 bits per heavy atom. The largest absolute Gasteiger partial charge is 0.494 e. The fourth-order valence-electron chi connectivity index (χ4n) is 2.18. The van der Waals surface area contributed by atoms with E-state index in [9.17, 15) is 0 Å². The Hall–Kier alpha value is -2.62. The summed E-state index contributed by atoms with van der Waals surface area (Å²) in [4.78, 5) is 8.88. The molecule has 0 unspecified atom stereocenters. The van der Waals surface area contributed by atoms with Gasteiger partial charge in [0.25, 0.3) is 0 Å². The van der Waals surface area contributed by atoms with Crippen LogP contribution in [0.25, 0.3) is 22.2 Å². The summed E-state index contributed by atoms with van der Waals surface area (Å²) in [7, 11) is 3.25. The average molecular weight is 266 g/mol. The highest BCUT2D eigenvalue weighted by Gasteiger charge is 2.10. The van der Waals surface area contributed by atoms with Crippen LogP contribution in [0.1, 0.15) is 0 Å². The van der Waals surface area contributed by atoms with Crippen LogP contribution in [0.2, 0.25) is 0 Å². The lowest BCUT2D eigenvalue weighted by molar-refractivity contribution is 0.399. The van der Waals surface area contributed by atoms with Crippen LogP contribution in [-0.2, 0) is 0 Å². The van der Waals surface area contributed by atoms with Crippen molar-refractivity contribution in [2.45, 2.75) is 0 Å². The maximum Gasteiger partial charge on any atom is 0.222 e. The van der Waals surface area contributed by atoms with Crippen molar-refractivity contribution in [3.63, 3.8) is 0 Å². The standard InChI is InChI=1S/C16H14N2O2/c1-19-14-7-3-5-11-8-9-13(18-15(11)14)12-6-4-10-17-16(12)20-2/h3-10H,1-2H3. The maximum atomic E-state index is 5.37. The van der Waals surface area contributed by atoms with Gasteiger partial charge in [0, 0.05) is 11.6 Å². The molecule has 2 aromatic heterocycles. The molecule has 20 heavy (non-hydrogen) atoms. The van der Waals surface area contributed by atoms with E-state index in [1.165, 1.54) is 0 Å². The summed E-state index contributed by atoms with van der Waals surface area (Å²) in [5.74, 6) is 1.32. The third kappa shape index (κ3) is 2.05. The van der Waals surface area contributed by atoms with Gasteiger partial charge in [0.1, 0.15) is 11.3 Å². The van der Waals surface area contributed by atoms with Crippen molar-refractivity contribution in [1.82, 2.24) is 9.97 Å². The number of nitrogens with zero attached hydrogens (tertiary/aromatic N) is 2. The summed E-state index contributed by atoms with van der Waals surface area (Å²) in [6.07, 6.45) is 1.70. The zero-order valence-corrected chi connectivity index (χ0v) is 11.3. The van der Waals surface area contributed by atoms with Gasteiger partial charge in [-0.1, -0.05) is 18.2 Å². The number of methoxy groups -OCH3 is 2. The van der Waals surface area contributed by atoms with Gasteiger partial charge in [0.15, 0.2) is 0 Å². The molecule has 0 spiro atoms. The summed E-state index contributed by atoms with van der Waals surface area (Å²) < 4.78 is 10.7. The number of ether oxygens (including phenoxy) is 2. The van der Waals surface area contributed by atoms with Crippen LogP contribution in [0.5, 0.6) is 11.6 Å². The van der Waals surface area contributed by atoms with E-state index in [1.807, 2.05) is 42.5 Å². The first-order chi connectivity index (χ1) is 9.83. The van der Waals surface area contributed by atoms with Crippen molar-refractivity contribution in [1.29, 1.82) is 0 Å². The Kier molecular flexibility index (Phi) is 3.21. The number of rotatable bonds is 3. The molecule has 1 aromatic carbocycles. The molecular formula is C16H14N2O2. The number of hydrogen-bond donors (Lipinski definition) is 0. The molecule has 0 saturated heterocycles. The van der Waals surface area contributed by atoms with E-state index in [-0.39, 0.29) is 0 Å². The van der Waals surface area contributed by atoms with Crippen molar-refractivity contribution >= 4 is 10.9 Å². The van der Waals surface area contributed by atoms with Crippen molar-refractivity contribution in [2.24, 2.45) is 0 Å². The summed E-state index contributed by atoms with van der Waals surface area (Å²) >= 11 is 0. The number of pyridine rings is 2. The first kappa shape index (κ1) is 12.4. The van der Waals surface area contributed by atoms with E-state index in [2.05, 4.69) is 9.97 Å². The van der Waals surface area contributed by atoms with Crippen molar-refractivity contribution in [3.8, 4) is 22.9 Å². The molecule has 4 heteroatoms. The summed E-state index contributed by atoms with van der Waals surface area (Å²) in [6.45, 7) is 0.